The van der Waals surface area contributed by atoms with Gasteiger partial charge in [-0.1, -0.05) is 6.92 Å². The van der Waals surface area contributed by atoms with Gasteiger partial charge in [0.1, 0.15) is 23.7 Å². The number of nitriles is 1. The van der Waals surface area contributed by atoms with Crippen LogP contribution in [0.4, 0.5) is 15.9 Å². The molecule has 3 rings (SSSR count). The van der Waals surface area contributed by atoms with Gasteiger partial charge >= 0.3 is 0 Å². The van der Waals surface area contributed by atoms with Crippen LogP contribution < -0.4 is 15.8 Å². The van der Waals surface area contributed by atoms with E-state index in [1.54, 1.807) is 27.1 Å². The van der Waals surface area contributed by atoms with Gasteiger partial charge in [-0.15, -0.1) is 0 Å². The molecular weight excluding hydrogens is 373 g/mol. The third-order valence-electron chi connectivity index (χ3n) is 4.59. The first kappa shape index (κ1) is 20.1. The summed E-state index contributed by atoms with van der Waals surface area (Å²) in [4.78, 5) is 8.66. The highest BCUT2D eigenvalue weighted by Crippen LogP contribution is 2.32. The predicted octanol–water partition coefficient (Wildman–Crippen LogP) is 3.21. The summed E-state index contributed by atoms with van der Waals surface area (Å²) in [5.74, 6) is -0.163. The molecular formula is C20H22FN7O. The topological polar surface area (TPSA) is 115 Å². The zero-order chi connectivity index (χ0) is 21.1. The Bertz CT molecular complexity index is 1090. The summed E-state index contributed by atoms with van der Waals surface area (Å²) in [6, 6.07) is 6.55. The molecule has 0 aliphatic rings. The number of halogens is 1. The Morgan fingerprint density at radius 2 is 2.17 bits per heavy atom. The molecule has 150 valence electrons. The Kier molecular flexibility index (Phi) is 5.64. The monoisotopic (exact) mass is 395 g/mol. The fourth-order valence-electron chi connectivity index (χ4n) is 3.14. The predicted molar refractivity (Wildman–Crippen MR) is 108 cm³/mol. The number of hydrogen-bond acceptors (Lipinski definition) is 7. The first-order valence-corrected chi connectivity index (χ1v) is 9.12. The Morgan fingerprint density at radius 1 is 1.41 bits per heavy atom. The highest BCUT2D eigenvalue weighted by molar-refractivity contribution is 5.69. The fraction of sp³-hybridized carbons (Fsp3) is 0.300. The lowest BCUT2D eigenvalue weighted by atomic mass is 10.1. The molecule has 2 heterocycles. The maximum atomic E-state index is 13.7. The maximum absolute atomic E-state index is 13.7. The molecule has 0 aliphatic heterocycles. The minimum Gasteiger partial charge on any atom is -0.467 e. The van der Waals surface area contributed by atoms with E-state index in [1.165, 1.54) is 23.0 Å². The van der Waals surface area contributed by atoms with Crippen molar-refractivity contribution in [3.05, 3.63) is 47.2 Å². The van der Waals surface area contributed by atoms with Crippen molar-refractivity contribution in [2.75, 3.05) is 18.1 Å². The number of aryl methyl sites for hydroxylation is 2. The third kappa shape index (κ3) is 3.82. The van der Waals surface area contributed by atoms with Gasteiger partial charge in [0, 0.05) is 25.3 Å². The SMILES string of the molecule is CCc1nn(C)c(C#N)c1-c1cnc(N)c(OC(C)c2cc(F)ccc2NC)n1. The molecule has 3 N–H and O–H groups in total. The second kappa shape index (κ2) is 8.14. The maximum Gasteiger partial charge on any atom is 0.258 e. The first-order valence-electron chi connectivity index (χ1n) is 9.12. The molecule has 1 aromatic carbocycles. The molecule has 1 atom stereocenters. The second-order valence-electron chi connectivity index (χ2n) is 6.45. The molecule has 1 unspecified atom stereocenters. The number of rotatable bonds is 6. The summed E-state index contributed by atoms with van der Waals surface area (Å²) in [7, 11) is 3.45. The molecule has 9 heteroatoms. The molecule has 8 nitrogen and oxygen atoms in total. The molecule has 0 radical (unpaired) electrons. The van der Waals surface area contributed by atoms with E-state index in [4.69, 9.17) is 10.5 Å². The van der Waals surface area contributed by atoms with Crippen LogP contribution in [0.2, 0.25) is 0 Å². The van der Waals surface area contributed by atoms with Crippen molar-refractivity contribution in [2.45, 2.75) is 26.4 Å². The Labute approximate surface area is 168 Å². The molecule has 0 fully saturated rings. The molecule has 3 aromatic rings. The van der Waals surface area contributed by atoms with Crippen LogP contribution in [0, 0.1) is 17.1 Å². The van der Waals surface area contributed by atoms with E-state index in [1.807, 2.05) is 6.92 Å². The van der Waals surface area contributed by atoms with Crippen molar-refractivity contribution in [2.24, 2.45) is 7.05 Å². The normalized spacial score (nSPS) is 11.7. The summed E-state index contributed by atoms with van der Waals surface area (Å²) < 4.78 is 21.2. The largest absolute Gasteiger partial charge is 0.467 e. The van der Waals surface area contributed by atoms with Crippen molar-refractivity contribution >= 4 is 11.5 Å². The van der Waals surface area contributed by atoms with Crippen LogP contribution in [0.1, 0.15) is 36.9 Å². The van der Waals surface area contributed by atoms with Gasteiger partial charge in [-0.3, -0.25) is 4.68 Å². The summed E-state index contributed by atoms with van der Waals surface area (Å²) in [5, 5.41) is 16.9. The lowest BCUT2D eigenvalue weighted by Crippen LogP contribution is -2.10. The number of ether oxygens (including phenoxy) is 1. The number of nitrogens with two attached hydrogens (primary N) is 1. The summed E-state index contributed by atoms with van der Waals surface area (Å²) in [6.45, 7) is 3.71. The highest BCUT2D eigenvalue weighted by Gasteiger charge is 2.21. The van der Waals surface area contributed by atoms with Gasteiger partial charge in [0.25, 0.3) is 5.88 Å². The lowest BCUT2D eigenvalue weighted by molar-refractivity contribution is 0.218. The molecule has 2 aromatic heterocycles. The van der Waals surface area contributed by atoms with Gasteiger partial charge in [-0.05, 0) is 31.5 Å². The molecule has 0 aliphatic carbocycles. The number of nitrogens with zero attached hydrogens (tertiary/aromatic N) is 5. The standard InChI is InChI=1S/C20H22FN7O/c1-5-14-18(17(9-22)28(4)27-14)16-10-25-19(23)20(26-16)29-11(2)13-8-12(21)6-7-15(13)24-3/h6-8,10-11,24H,5H2,1-4H3,(H2,23,25). The minimum absolute atomic E-state index is 0.100. The Morgan fingerprint density at radius 3 is 2.83 bits per heavy atom. The second-order valence-corrected chi connectivity index (χ2v) is 6.45. The van der Waals surface area contributed by atoms with Gasteiger partial charge in [-0.2, -0.15) is 10.4 Å². The van der Waals surface area contributed by atoms with E-state index < -0.39 is 6.10 Å². The minimum atomic E-state index is -0.546. The summed E-state index contributed by atoms with van der Waals surface area (Å²) in [5.41, 5.74) is 9.46. The zero-order valence-corrected chi connectivity index (χ0v) is 16.7. The van der Waals surface area contributed by atoms with Gasteiger partial charge < -0.3 is 15.8 Å². The lowest BCUT2D eigenvalue weighted by Gasteiger charge is -2.18. The van der Waals surface area contributed by atoms with Crippen LogP contribution in [0.25, 0.3) is 11.3 Å². The Balaban J connectivity index is 2.02. The first-order chi connectivity index (χ1) is 13.9. The van der Waals surface area contributed by atoms with Gasteiger partial charge in [0.05, 0.1) is 23.1 Å². The van der Waals surface area contributed by atoms with Crippen LogP contribution in [-0.4, -0.2) is 26.8 Å². The summed E-state index contributed by atoms with van der Waals surface area (Å²) in [6.07, 6.45) is 1.57. The zero-order valence-electron chi connectivity index (χ0n) is 16.7. The van der Waals surface area contributed by atoms with Crippen LogP contribution in [0.5, 0.6) is 5.88 Å². The van der Waals surface area contributed by atoms with Crippen LogP contribution in [0.3, 0.4) is 0 Å². The van der Waals surface area contributed by atoms with Gasteiger partial charge in [-0.25, -0.2) is 14.4 Å². The number of hydrogen-bond donors (Lipinski definition) is 2. The quantitative estimate of drug-likeness (QED) is 0.658. The number of aromatic nitrogens is 4. The van der Waals surface area contributed by atoms with Crippen molar-refractivity contribution in [1.82, 2.24) is 19.7 Å². The van der Waals surface area contributed by atoms with Gasteiger partial charge in [0.15, 0.2) is 5.82 Å². The average molecular weight is 395 g/mol. The third-order valence-corrected chi connectivity index (χ3v) is 4.59. The van der Waals surface area contributed by atoms with E-state index in [2.05, 4.69) is 26.5 Å². The number of nitrogens with one attached hydrogen (secondary N) is 1. The number of nitrogen functional groups attached to an aromatic ring is 1. The van der Waals surface area contributed by atoms with Crippen LogP contribution in [0.15, 0.2) is 24.4 Å². The Hall–Kier alpha value is -3.67. The molecule has 0 saturated heterocycles. The van der Waals surface area contributed by atoms with E-state index in [-0.39, 0.29) is 17.5 Å². The van der Waals surface area contributed by atoms with Crippen LogP contribution >= 0.6 is 0 Å². The molecule has 0 amide bonds. The molecule has 0 saturated carbocycles. The average Bonchev–Trinajstić information content (AvgIpc) is 3.04. The summed E-state index contributed by atoms with van der Waals surface area (Å²) >= 11 is 0. The van der Waals surface area contributed by atoms with E-state index in [0.29, 0.717) is 28.9 Å². The number of benzene rings is 1. The smallest absolute Gasteiger partial charge is 0.258 e. The molecule has 0 spiro atoms. The van der Waals surface area contributed by atoms with E-state index in [9.17, 15) is 9.65 Å². The van der Waals surface area contributed by atoms with Gasteiger partial charge in [0.2, 0.25) is 0 Å². The van der Waals surface area contributed by atoms with Crippen molar-refractivity contribution in [3.8, 4) is 23.2 Å². The number of anilines is 2. The molecule has 29 heavy (non-hydrogen) atoms. The van der Waals surface area contributed by atoms with Crippen molar-refractivity contribution in [3.63, 3.8) is 0 Å². The van der Waals surface area contributed by atoms with Crippen molar-refractivity contribution < 1.29 is 9.13 Å². The molecule has 0 bridgehead atoms. The van der Waals surface area contributed by atoms with E-state index in [0.717, 1.165) is 11.4 Å². The van der Waals surface area contributed by atoms with E-state index >= 15 is 0 Å². The fourth-order valence-corrected chi connectivity index (χ4v) is 3.14. The highest BCUT2D eigenvalue weighted by atomic mass is 19.1. The van der Waals surface area contributed by atoms with Crippen LogP contribution in [-0.2, 0) is 13.5 Å². The van der Waals surface area contributed by atoms with Crippen molar-refractivity contribution in [1.29, 1.82) is 5.26 Å².